The predicted molar refractivity (Wildman–Crippen MR) is 164 cm³/mol. The molecule has 0 unspecified atom stereocenters. The van der Waals surface area contributed by atoms with Crippen LogP contribution >= 0.6 is 0 Å². The van der Waals surface area contributed by atoms with Crippen molar-refractivity contribution in [2.45, 2.75) is 54.4 Å². The molecule has 44 heavy (non-hydrogen) atoms. The van der Waals surface area contributed by atoms with Crippen LogP contribution in [0.2, 0.25) is 0 Å². The Balaban J connectivity index is -0.000000106. The Morgan fingerprint density at radius 1 is 0.750 bits per heavy atom. The molecule has 0 bridgehead atoms. The highest BCUT2D eigenvalue weighted by Crippen LogP contribution is 1.98. The summed E-state index contributed by atoms with van der Waals surface area (Å²) in [6.45, 7) is 23.1. The number of ether oxygens (including phenoxy) is 4. The van der Waals surface area contributed by atoms with Crippen molar-refractivity contribution >= 4 is 47.3 Å². The van der Waals surface area contributed by atoms with E-state index < -0.39 is 29.8 Å². The molecular formula is C30H47NO13. The Kier molecular flexibility index (Phi) is 46.9. The van der Waals surface area contributed by atoms with Crippen LogP contribution < -0.4 is 5.73 Å². The van der Waals surface area contributed by atoms with Gasteiger partial charge in [-0.3, -0.25) is 4.79 Å². The van der Waals surface area contributed by atoms with Gasteiger partial charge >= 0.3 is 29.8 Å². The average Bonchev–Trinajstić information content (AvgIpc) is 2.94. The number of aliphatic carboxylic acids is 1. The number of amides is 1. The van der Waals surface area contributed by atoms with Crippen LogP contribution in [0.15, 0.2) is 62.3 Å². The van der Waals surface area contributed by atoms with Gasteiger partial charge in [0.1, 0.15) is 11.6 Å². The van der Waals surface area contributed by atoms with Crippen LogP contribution in [-0.2, 0) is 57.3 Å². The summed E-state index contributed by atoms with van der Waals surface area (Å²) in [5.41, 5.74) is 4.58. The number of carboxylic acid groups (broad SMARTS) is 1. The molecule has 14 heteroatoms. The first-order valence-corrected chi connectivity index (χ1v) is 12.6. The van der Waals surface area contributed by atoms with Gasteiger partial charge in [0.05, 0.1) is 25.9 Å². The van der Waals surface area contributed by atoms with Crippen molar-refractivity contribution in [3.05, 3.63) is 62.3 Å². The number of esters is 4. The van der Waals surface area contributed by atoms with Gasteiger partial charge < -0.3 is 39.4 Å². The Hall–Kier alpha value is -5.14. The normalized spacial score (nSPS) is 8.16. The average molecular weight is 630 g/mol. The number of carbonyl (C=O) groups is 8. The van der Waals surface area contributed by atoms with E-state index in [2.05, 4.69) is 46.3 Å². The zero-order valence-electron chi connectivity index (χ0n) is 26.7. The highest BCUT2D eigenvalue weighted by molar-refractivity contribution is 5.93. The molecule has 0 atom stereocenters. The molecule has 0 aliphatic carbocycles. The zero-order valence-corrected chi connectivity index (χ0v) is 26.7. The highest BCUT2D eigenvalue weighted by Gasteiger charge is 2.04. The number of hydrogen-bond donors (Lipinski definition) is 2. The molecule has 0 rings (SSSR count). The lowest BCUT2D eigenvalue weighted by Gasteiger charge is -2.02. The summed E-state index contributed by atoms with van der Waals surface area (Å²) in [4.78, 5) is 80.2. The summed E-state index contributed by atoms with van der Waals surface area (Å²) in [5.74, 6) is -3.42. The van der Waals surface area contributed by atoms with Crippen molar-refractivity contribution in [2.75, 3.05) is 26.9 Å². The fraction of sp³-hybridized carbons (Fsp3) is 0.400. The molecule has 0 aromatic carbocycles. The fourth-order valence-electron chi connectivity index (χ4n) is 1.09. The van der Waals surface area contributed by atoms with E-state index in [9.17, 15) is 38.4 Å². The van der Waals surface area contributed by atoms with E-state index in [0.29, 0.717) is 13.2 Å². The second kappa shape index (κ2) is 40.0. The van der Waals surface area contributed by atoms with Gasteiger partial charge in [-0.2, -0.15) is 0 Å². The molecule has 3 N–H and O–H groups in total. The van der Waals surface area contributed by atoms with Crippen LogP contribution in [0.4, 0.5) is 0 Å². The first-order valence-electron chi connectivity index (χ1n) is 12.6. The van der Waals surface area contributed by atoms with Crippen molar-refractivity contribution in [1.82, 2.24) is 0 Å². The van der Waals surface area contributed by atoms with Crippen molar-refractivity contribution in [3.8, 4) is 0 Å². The van der Waals surface area contributed by atoms with E-state index in [1.54, 1.807) is 6.92 Å². The molecule has 0 aliphatic heterocycles. The lowest BCUT2D eigenvalue weighted by molar-refractivity contribution is -0.154. The van der Waals surface area contributed by atoms with Crippen molar-refractivity contribution < 1.29 is 62.4 Å². The number of primary amides is 1. The minimum absolute atomic E-state index is 0.0449. The lowest BCUT2D eigenvalue weighted by atomic mass is 10.3. The van der Waals surface area contributed by atoms with Gasteiger partial charge in [0, 0.05) is 18.2 Å². The summed E-state index contributed by atoms with van der Waals surface area (Å²) in [5, 5.41) is 8.28. The van der Waals surface area contributed by atoms with Gasteiger partial charge in [0.25, 0.3) is 0 Å². The van der Waals surface area contributed by atoms with Gasteiger partial charge in [-0.15, -0.1) is 0 Å². The topological polar surface area (TPSA) is 220 Å². The maximum Gasteiger partial charge on any atom is 0.344 e. The molecule has 0 fully saturated rings. The van der Waals surface area contributed by atoms with E-state index in [-0.39, 0.29) is 29.7 Å². The van der Waals surface area contributed by atoms with Gasteiger partial charge in [-0.25, -0.2) is 24.0 Å². The third kappa shape index (κ3) is 76.7. The SMILES string of the molecule is C=C(C=CC(=O)O)C(=O)OCCCC.C=CC(=O)OCC.C=CC(=O)OCC(=O)OC.C=CC(N)=O.CC(C)=O.CC(C)=O. The quantitative estimate of drug-likeness (QED) is 0.104. The minimum Gasteiger partial charge on any atom is -0.478 e. The molecule has 0 radical (unpaired) electrons. The monoisotopic (exact) mass is 629 g/mol. The number of Topliss-reactive ketones (excluding diaryl/α,β-unsaturated/α-hetero) is 2. The van der Waals surface area contributed by atoms with Crippen LogP contribution in [0.3, 0.4) is 0 Å². The summed E-state index contributed by atoms with van der Waals surface area (Å²) in [7, 11) is 1.21. The first kappa shape index (κ1) is 51.6. The van der Waals surface area contributed by atoms with E-state index in [4.69, 9.17) is 9.84 Å². The van der Waals surface area contributed by atoms with E-state index in [1.807, 2.05) is 6.92 Å². The number of unbranched alkanes of at least 4 members (excludes halogenated alkanes) is 1. The lowest BCUT2D eigenvalue weighted by Crippen LogP contribution is -2.13. The maximum atomic E-state index is 11.1. The van der Waals surface area contributed by atoms with Gasteiger partial charge in [0.2, 0.25) is 5.91 Å². The predicted octanol–water partition coefficient (Wildman–Crippen LogP) is 3.00. The fourth-order valence-corrected chi connectivity index (χ4v) is 1.09. The highest BCUT2D eigenvalue weighted by atomic mass is 16.6. The van der Waals surface area contributed by atoms with Crippen LogP contribution in [0.1, 0.15) is 54.4 Å². The Labute approximate surface area is 259 Å². The number of rotatable bonds is 12. The summed E-state index contributed by atoms with van der Waals surface area (Å²) >= 11 is 0. The van der Waals surface area contributed by atoms with Crippen LogP contribution in [-0.4, -0.2) is 79.4 Å². The number of carbonyl (C=O) groups excluding carboxylic acids is 7. The third-order valence-corrected chi connectivity index (χ3v) is 2.80. The molecule has 0 heterocycles. The molecule has 14 nitrogen and oxygen atoms in total. The first-order chi connectivity index (χ1) is 20.3. The van der Waals surface area contributed by atoms with Crippen LogP contribution in [0, 0.1) is 0 Å². The van der Waals surface area contributed by atoms with Crippen molar-refractivity contribution in [1.29, 1.82) is 0 Å². The molecule has 0 aromatic rings. The Bertz CT molecular complexity index is 944. The van der Waals surface area contributed by atoms with Crippen LogP contribution in [0.5, 0.6) is 0 Å². The number of carboxylic acids is 1. The molecule has 0 saturated heterocycles. The van der Waals surface area contributed by atoms with E-state index >= 15 is 0 Å². The molecule has 0 aromatic heterocycles. The third-order valence-electron chi connectivity index (χ3n) is 2.80. The van der Waals surface area contributed by atoms with E-state index in [1.165, 1.54) is 34.8 Å². The number of hydrogen-bond acceptors (Lipinski definition) is 12. The molecule has 0 spiro atoms. The zero-order chi connectivity index (χ0) is 36.1. The number of ketones is 2. The smallest absolute Gasteiger partial charge is 0.344 e. The molecule has 1 amide bonds. The number of nitrogens with two attached hydrogens (primary N) is 1. The standard InChI is InChI=1S/C10H14O4.C6H8O4.C5H8O2.C3H5NO.2C3H6O/c1-3-4-7-14-10(13)8(2)5-6-9(11)12;1-3-5(7)10-4-6(8)9-2;1-3-5(6)7-4-2;1-2-3(4)5;2*1-3(2)4/h5-6H,2-4,7H2,1H3,(H,11,12);3H,1,4H2,2H3;3H,1,4H2,2H3;2H,1H2,(H2,4,5);2*1-2H3. The summed E-state index contributed by atoms with van der Waals surface area (Å²) in [6.07, 6.45) is 6.87. The second-order valence-electron chi connectivity index (χ2n) is 7.45. The molecular weight excluding hydrogens is 582 g/mol. The second-order valence-corrected chi connectivity index (χ2v) is 7.45. The summed E-state index contributed by atoms with van der Waals surface area (Å²) < 4.78 is 17.7. The number of methoxy groups -OCH3 is 1. The minimum atomic E-state index is -1.12. The largest absolute Gasteiger partial charge is 0.478 e. The van der Waals surface area contributed by atoms with Gasteiger partial charge in [0.15, 0.2) is 6.61 Å². The van der Waals surface area contributed by atoms with Crippen molar-refractivity contribution in [3.63, 3.8) is 0 Å². The Morgan fingerprint density at radius 2 is 1.16 bits per heavy atom. The van der Waals surface area contributed by atoms with Crippen molar-refractivity contribution in [2.24, 2.45) is 5.73 Å². The van der Waals surface area contributed by atoms with E-state index in [0.717, 1.165) is 43.2 Å². The molecule has 0 aliphatic rings. The summed E-state index contributed by atoms with van der Waals surface area (Å²) in [6, 6.07) is 0. The Morgan fingerprint density at radius 3 is 1.43 bits per heavy atom. The molecule has 250 valence electrons. The van der Waals surface area contributed by atoms with Crippen LogP contribution in [0.25, 0.3) is 0 Å². The van der Waals surface area contributed by atoms with Gasteiger partial charge in [-0.05, 0) is 53.2 Å². The molecule has 0 saturated carbocycles. The maximum absolute atomic E-state index is 11.1. The van der Waals surface area contributed by atoms with Gasteiger partial charge in [-0.1, -0.05) is 39.7 Å².